The van der Waals surface area contributed by atoms with Gasteiger partial charge in [-0.3, -0.25) is 19.3 Å². The van der Waals surface area contributed by atoms with Crippen molar-refractivity contribution in [2.75, 3.05) is 17.3 Å². The van der Waals surface area contributed by atoms with Crippen LogP contribution in [-0.4, -0.2) is 35.3 Å². The summed E-state index contributed by atoms with van der Waals surface area (Å²) in [4.78, 5) is 41.8. The standard InChI is InChI=1S/C21H21N3O3/c1-3-14-8-10-15(11-9-14)22-20(27)21-13-12-18(25)24(21)17-7-5-4-6-16(17)19(26)23(21)2/h4-11H,3,12-13H2,1-2H3,(H,22,27)/t21-/m0/s1. The Morgan fingerprint density at radius 1 is 1.11 bits per heavy atom. The van der Waals surface area contributed by atoms with Crippen molar-refractivity contribution in [2.45, 2.75) is 31.8 Å². The summed E-state index contributed by atoms with van der Waals surface area (Å²) in [6.07, 6.45) is 1.39. The Kier molecular flexibility index (Phi) is 3.98. The highest BCUT2D eigenvalue weighted by Gasteiger charge is 2.59. The molecule has 1 N–H and O–H groups in total. The van der Waals surface area contributed by atoms with E-state index in [2.05, 4.69) is 12.2 Å². The number of carbonyl (C=O) groups excluding carboxylic acids is 3. The SMILES string of the molecule is CCc1ccc(NC(=O)[C@]23CCC(=O)N2c2ccccc2C(=O)N3C)cc1. The van der Waals surface area contributed by atoms with Crippen LogP contribution >= 0.6 is 0 Å². The van der Waals surface area contributed by atoms with Crippen LogP contribution in [0.1, 0.15) is 35.7 Å². The van der Waals surface area contributed by atoms with Gasteiger partial charge in [0.25, 0.3) is 11.8 Å². The number of amides is 3. The van der Waals surface area contributed by atoms with E-state index in [0.717, 1.165) is 6.42 Å². The third-order valence-corrected chi connectivity index (χ3v) is 5.53. The summed E-state index contributed by atoms with van der Waals surface area (Å²) in [6.45, 7) is 2.06. The zero-order valence-electron chi connectivity index (χ0n) is 15.4. The predicted molar refractivity (Wildman–Crippen MR) is 102 cm³/mol. The van der Waals surface area contributed by atoms with Crippen molar-refractivity contribution in [1.29, 1.82) is 0 Å². The lowest BCUT2D eigenvalue weighted by atomic mass is 9.96. The highest BCUT2D eigenvalue weighted by Crippen LogP contribution is 2.44. The van der Waals surface area contributed by atoms with Gasteiger partial charge in [0.05, 0.1) is 11.3 Å². The predicted octanol–water partition coefficient (Wildman–Crippen LogP) is 2.80. The van der Waals surface area contributed by atoms with Crippen molar-refractivity contribution in [2.24, 2.45) is 0 Å². The summed E-state index contributed by atoms with van der Waals surface area (Å²) in [5, 5.41) is 2.90. The van der Waals surface area contributed by atoms with Crippen LogP contribution in [0.3, 0.4) is 0 Å². The number of benzene rings is 2. The van der Waals surface area contributed by atoms with E-state index in [1.54, 1.807) is 31.3 Å². The maximum Gasteiger partial charge on any atom is 0.271 e. The minimum atomic E-state index is -1.34. The fourth-order valence-electron chi connectivity index (χ4n) is 3.98. The van der Waals surface area contributed by atoms with Gasteiger partial charge in [0, 0.05) is 25.6 Å². The first-order chi connectivity index (χ1) is 13.0. The molecule has 138 valence electrons. The molecule has 2 aliphatic rings. The molecule has 2 aromatic carbocycles. The highest BCUT2D eigenvalue weighted by atomic mass is 16.2. The molecule has 0 radical (unpaired) electrons. The molecule has 1 fully saturated rings. The van der Waals surface area contributed by atoms with Crippen LogP contribution < -0.4 is 10.2 Å². The lowest BCUT2D eigenvalue weighted by Crippen LogP contribution is -2.68. The van der Waals surface area contributed by atoms with Crippen molar-refractivity contribution in [3.05, 3.63) is 59.7 Å². The second kappa shape index (κ2) is 6.23. The molecule has 2 aromatic rings. The molecule has 1 atom stereocenters. The second-order valence-corrected chi connectivity index (χ2v) is 6.93. The van der Waals surface area contributed by atoms with Crippen LogP contribution in [0, 0.1) is 0 Å². The lowest BCUT2D eigenvalue weighted by Gasteiger charge is -2.47. The molecule has 27 heavy (non-hydrogen) atoms. The van der Waals surface area contributed by atoms with E-state index in [4.69, 9.17) is 0 Å². The number of nitrogens with one attached hydrogen (secondary N) is 1. The first-order valence-corrected chi connectivity index (χ1v) is 9.09. The van der Waals surface area contributed by atoms with Gasteiger partial charge < -0.3 is 10.2 Å². The zero-order chi connectivity index (χ0) is 19.2. The number of likely N-dealkylation sites (N-methyl/N-ethyl adjacent to an activating group) is 1. The van der Waals surface area contributed by atoms with E-state index in [1.807, 2.05) is 24.3 Å². The first kappa shape index (κ1) is 17.3. The average molecular weight is 363 g/mol. The minimum Gasteiger partial charge on any atom is -0.322 e. The monoisotopic (exact) mass is 363 g/mol. The van der Waals surface area contributed by atoms with E-state index in [9.17, 15) is 14.4 Å². The number of hydrogen-bond acceptors (Lipinski definition) is 3. The Labute approximate surface area is 157 Å². The third kappa shape index (κ3) is 2.44. The van der Waals surface area contributed by atoms with Gasteiger partial charge in [-0.15, -0.1) is 0 Å². The molecule has 4 rings (SSSR count). The number of anilines is 2. The summed E-state index contributed by atoms with van der Waals surface area (Å²) in [5.41, 5.74) is 1.41. The van der Waals surface area contributed by atoms with Crippen LogP contribution in [0.15, 0.2) is 48.5 Å². The number of rotatable bonds is 3. The summed E-state index contributed by atoms with van der Waals surface area (Å²) >= 11 is 0. The topological polar surface area (TPSA) is 69.7 Å². The van der Waals surface area contributed by atoms with Crippen LogP contribution in [0.2, 0.25) is 0 Å². The van der Waals surface area contributed by atoms with Crippen molar-refractivity contribution in [3.63, 3.8) is 0 Å². The molecule has 0 bridgehead atoms. The van der Waals surface area contributed by atoms with Crippen LogP contribution in [0.25, 0.3) is 0 Å². The number of para-hydroxylation sites is 1. The number of aryl methyl sites for hydroxylation is 1. The summed E-state index contributed by atoms with van der Waals surface area (Å²) in [7, 11) is 1.59. The Bertz CT molecular complexity index is 938. The Hall–Kier alpha value is -3.15. The molecule has 0 aliphatic carbocycles. The highest BCUT2D eigenvalue weighted by molar-refractivity contribution is 6.18. The number of nitrogens with zero attached hydrogens (tertiary/aromatic N) is 2. The van der Waals surface area contributed by atoms with Crippen molar-refractivity contribution in [1.82, 2.24) is 4.90 Å². The molecular formula is C21H21N3O3. The fourth-order valence-corrected chi connectivity index (χ4v) is 3.98. The summed E-state index contributed by atoms with van der Waals surface area (Å²) < 4.78 is 0. The largest absolute Gasteiger partial charge is 0.322 e. The normalized spacial score (nSPS) is 21.1. The zero-order valence-corrected chi connectivity index (χ0v) is 15.4. The smallest absolute Gasteiger partial charge is 0.271 e. The third-order valence-electron chi connectivity index (χ3n) is 5.53. The second-order valence-electron chi connectivity index (χ2n) is 6.93. The Morgan fingerprint density at radius 3 is 2.52 bits per heavy atom. The van der Waals surface area contributed by atoms with E-state index >= 15 is 0 Å². The van der Waals surface area contributed by atoms with Gasteiger partial charge in [-0.05, 0) is 36.2 Å². The molecular weight excluding hydrogens is 342 g/mol. The quantitative estimate of drug-likeness (QED) is 0.912. The van der Waals surface area contributed by atoms with Crippen LogP contribution in [-0.2, 0) is 16.0 Å². The first-order valence-electron chi connectivity index (χ1n) is 9.09. The van der Waals surface area contributed by atoms with E-state index < -0.39 is 5.66 Å². The molecule has 6 heteroatoms. The van der Waals surface area contributed by atoms with Gasteiger partial charge in [0.1, 0.15) is 0 Å². The van der Waals surface area contributed by atoms with Crippen molar-refractivity contribution in [3.8, 4) is 0 Å². The Balaban J connectivity index is 1.76. The van der Waals surface area contributed by atoms with Crippen molar-refractivity contribution >= 4 is 29.1 Å². The maximum atomic E-state index is 13.3. The summed E-state index contributed by atoms with van der Waals surface area (Å²) in [6, 6.07) is 14.5. The summed E-state index contributed by atoms with van der Waals surface area (Å²) in [5.74, 6) is -0.783. The molecule has 0 saturated carbocycles. The molecule has 0 aromatic heterocycles. The van der Waals surface area contributed by atoms with Gasteiger partial charge >= 0.3 is 0 Å². The van der Waals surface area contributed by atoms with Gasteiger partial charge in [-0.2, -0.15) is 0 Å². The van der Waals surface area contributed by atoms with Crippen molar-refractivity contribution < 1.29 is 14.4 Å². The lowest BCUT2D eigenvalue weighted by molar-refractivity contribution is -0.128. The minimum absolute atomic E-state index is 0.154. The van der Waals surface area contributed by atoms with E-state index in [-0.39, 0.29) is 30.6 Å². The number of fused-ring (bicyclic) bond motifs is 3. The molecule has 0 unspecified atom stereocenters. The molecule has 2 aliphatic heterocycles. The molecule has 0 spiro atoms. The molecule has 6 nitrogen and oxygen atoms in total. The van der Waals surface area contributed by atoms with E-state index in [0.29, 0.717) is 16.9 Å². The van der Waals surface area contributed by atoms with E-state index in [1.165, 1.54) is 15.4 Å². The van der Waals surface area contributed by atoms with Gasteiger partial charge in [-0.25, -0.2) is 0 Å². The maximum absolute atomic E-state index is 13.3. The molecule has 3 amide bonds. The van der Waals surface area contributed by atoms with Crippen LogP contribution in [0.4, 0.5) is 11.4 Å². The van der Waals surface area contributed by atoms with Gasteiger partial charge in [0.2, 0.25) is 11.6 Å². The fraction of sp³-hybridized carbons (Fsp3) is 0.286. The molecule has 2 heterocycles. The Morgan fingerprint density at radius 2 is 1.81 bits per heavy atom. The van der Waals surface area contributed by atoms with Gasteiger partial charge in [-0.1, -0.05) is 31.2 Å². The number of carbonyl (C=O) groups is 3. The number of hydrogen-bond donors (Lipinski definition) is 1. The van der Waals surface area contributed by atoms with Crippen LogP contribution in [0.5, 0.6) is 0 Å². The molecule has 1 saturated heterocycles. The average Bonchev–Trinajstić information content (AvgIpc) is 3.05. The van der Waals surface area contributed by atoms with Gasteiger partial charge in [0.15, 0.2) is 0 Å².